The molecule has 0 heterocycles. The fourth-order valence-corrected chi connectivity index (χ4v) is 0.647. The predicted molar refractivity (Wildman–Crippen MR) is 55.3 cm³/mol. The molecule has 3 heteroatoms. The predicted octanol–water partition coefficient (Wildman–Crippen LogP) is 3.17. The molecule has 0 fully saturated rings. The van der Waals surface area contributed by atoms with E-state index in [1.165, 1.54) is 0 Å². The summed E-state index contributed by atoms with van der Waals surface area (Å²) in [7, 11) is 0. The van der Waals surface area contributed by atoms with Crippen LogP contribution in [0.4, 0.5) is 4.79 Å². The molecule has 0 atom stereocenters. The third kappa shape index (κ3) is 10.5. The molecule has 0 bridgehead atoms. The van der Waals surface area contributed by atoms with Crippen molar-refractivity contribution in [1.82, 2.24) is 0 Å². The minimum atomic E-state index is -1.22. The molecule has 0 unspecified atom stereocenters. The third-order valence-corrected chi connectivity index (χ3v) is 1.06. The van der Waals surface area contributed by atoms with Crippen molar-refractivity contribution in [3.8, 4) is 0 Å². The van der Waals surface area contributed by atoms with Crippen LogP contribution in [0.15, 0.2) is 36.4 Å². The second-order valence-corrected chi connectivity index (χ2v) is 3.64. The zero-order valence-electron chi connectivity index (χ0n) is 8.73. The van der Waals surface area contributed by atoms with Gasteiger partial charge in [-0.3, -0.25) is 0 Å². The van der Waals surface area contributed by atoms with Crippen LogP contribution in [-0.2, 0) is 4.74 Å². The summed E-state index contributed by atoms with van der Waals surface area (Å²) in [5.41, 5.74) is -0.578. The molecule has 0 saturated carbocycles. The Bertz CT molecular complexity index is 222. The summed E-state index contributed by atoms with van der Waals surface area (Å²) in [6.45, 7) is 5.04. The van der Waals surface area contributed by atoms with E-state index in [0.717, 1.165) is 0 Å². The van der Waals surface area contributed by atoms with Crippen molar-refractivity contribution in [2.45, 2.75) is 26.4 Å². The van der Waals surface area contributed by atoms with Gasteiger partial charge >= 0.3 is 6.16 Å². The van der Waals surface area contributed by atoms with Crippen molar-refractivity contribution in [1.29, 1.82) is 0 Å². The first-order chi connectivity index (χ1) is 6.42. The highest BCUT2D eigenvalue weighted by Gasteiger charge is 2.13. The first-order valence-corrected chi connectivity index (χ1v) is 4.34. The summed E-state index contributed by atoms with van der Waals surface area (Å²) in [5, 5.41) is 8.03. The first-order valence-electron chi connectivity index (χ1n) is 4.34. The molecule has 0 radical (unpaired) electrons. The normalized spacial score (nSPS) is 9.64. The van der Waals surface area contributed by atoms with Gasteiger partial charge in [0.1, 0.15) is 5.60 Å². The molecule has 78 valence electrons. The molecule has 0 aliphatic rings. The van der Waals surface area contributed by atoms with Gasteiger partial charge < -0.3 is 9.84 Å². The first kappa shape index (κ1) is 12.5. The van der Waals surface area contributed by atoms with Crippen molar-refractivity contribution < 1.29 is 14.6 Å². The molecule has 1 rings (SSSR count). The molecule has 14 heavy (non-hydrogen) atoms. The number of carboxylic acid groups (broad SMARTS) is 1. The second kappa shape index (κ2) is 6.02. The second-order valence-electron chi connectivity index (χ2n) is 3.64. The standard InChI is InChI=1S/C6H6.C5H10O3/c1-2-4-6-5-3-1;1-5(2,3)8-4(6)7/h1-6H;1-3H3,(H,6,7). The van der Waals surface area contributed by atoms with Crippen molar-refractivity contribution in [2.24, 2.45) is 0 Å². The lowest BCUT2D eigenvalue weighted by Gasteiger charge is -2.15. The van der Waals surface area contributed by atoms with Gasteiger partial charge in [-0.25, -0.2) is 4.79 Å². The monoisotopic (exact) mass is 196 g/mol. The summed E-state index contributed by atoms with van der Waals surface area (Å²) in [6, 6.07) is 12.0. The zero-order chi connectivity index (χ0) is 11.0. The molecule has 1 aromatic carbocycles. The maximum Gasteiger partial charge on any atom is 0.506 e. The number of rotatable bonds is 0. The lowest BCUT2D eigenvalue weighted by molar-refractivity contribution is 0.0150. The SMILES string of the molecule is CC(C)(C)OC(=O)O.c1ccccc1. The van der Waals surface area contributed by atoms with Crippen LogP contribution < -0.4 is 0 Å². The van der Waals surface area contributed by atoms with Crippen molar-refractivity contribution >= 4 is 6.16 Å². The molecule has 0 spiro atoms. The average Bonchev–Trinajstić information content (AvgIpc) is 2.03. The summed E-state index contributed by atoms with van der Waals surface area (Å²) < 4.78 is 4.35. The number of carbonyl (C=O) groups is 1. The van der Waals surface area contributed by atoms with Gasteiger partial charge in [-0.15, -0.1) is 0 Å². The summed E-state index contributed by atoms with van der Waals surface area (Å²) >= 11 is 0. The Morgan fingerprint density at radius 1 is 1.00 bits per heavy atom. The van der Waals surface area contributed by atoms with Crippen molar-refractivity contribution in [3.63, 3.8) is 0 Å². The molecular weight excluding hydrogens is 180 g/mol. The van der Waals surface area contributed by atoms with Gasteiger partial charge in [0, 0.05) is 0 Å². The van der Waals surface area contributed by atoms with Gasteiger partial charge in [-0.2, -0.15) is 0 Å². The minimum absolute atomic E-state index is 0.578. The van der Waals surface area contributed by atoms with Crippen LogP contribution in [0.25, 0.3) is 0 Å². The highest BCUT2D eigenvalue weighted by Crippen LogP contribution is 2.05. The summed E-state index contributed by atoms with van der Waals surface area (Å²) in [4.78, 5) is 9.79. The van der Waals surface area contributed by atoms with Gasteiger partial charge in [0.2, 0.25) is 0 Å². The van der Waals surface area contributed by atoms with Crippen LogP contribution in [0, 0.1) is 0 Å². The minimum Gasteiger partial charge on any atom is -0.450 e. The highest BCUT2D eigenvalue weighted by atomic mass is 16.7. The molecular formula is C11H16O3. The average molecular weight is 196 g/mol. The molecule has 0 amide bonds. The van der Waals surface area contributed by atoms with E-state index in [9.17, 15) is 4.79 Å². The third-order valence-electron chi connectivity index (χ3n) is 1.06. The maximum absolute atomic E-state index is 9.79. The Hall–Kier alpha value is -1.51. The molecule has 0 aliphatic heterocycles. The van der Waals surface area contributed by atoms with E-state index in [-0.39, 0.29) is 0 Å². The fraction of sp³-hybridized carbons (Fsp3) is 0.364. The lowest BCUT2D eigenvalue weighted by atomic mass is 10.2. The van der Waals surface area contributed by atoms with Crippen LogP contribution >= 0.6 is 0 Å². The Kier molecular flexibility index (Phi) is 5.37. The molecule has 0 aromatic heterocycles. The fourth-order valence-electron chi connectivity index (χ4n) is 0.647. The lowest BCUT2D eigenvalue weighted by Crippen LogP contribution is -2.22. The van der Waals surface area contributed by atoms with Crippen LogP contribution in [0.3, 0.4) is 0 Å². The quantitative estimate of drug-likeness (QED) is 0.648. The van der Waals surface area contributed by atoms with E-state index < -0.39 is 11.8 Å². The van der Waals surface area contributed by atoms with E-state index >= 15 is 0 Å². The van der Waals surface area contributed by atoms with E-state index in [2.05, 4.69) is 4.74 Å². The highest BCUT2D eigenvalue weighted by molar-refractivity contribution is 5.57. The van der Waals surface area contributed by atoms with Gasteiger partial charge in [0.15, 0.2) is 0 Å². The van der Waals surface area contributed by atoms with Crippen LogP contribution in [0.5, 0.6) is 0 Å². The number of benzene rings is 1. The molecule has 1 N–H and O–H groups in total. The van der Waals surface area contributed by atoms with Gasteiger partial charge in [0.05, 0.1) is 0 Å². The maximum atomic E-state index is 9.79. The van der Waals surface area contributed by atoms with Crippen LogP contribution in [0.1, 0.15) is 20.8 Å². The van der Waals surface area contributed by atoms with E-state index in [1.807, 2.05) is 36.4 Å². The van der Waals surface area contributed by atoms with E-state index in [1.54, 1.807) is 20.8 Å². The van der Waals surface area contributed by atoms with Gasteiger partial charge in [-0.05, 0) is 20.8 Å². The number of hydrogen-bond donors (Lipinski definition) is 1. The Morgan fingerprint density at radius 2 is 1.29 bits per heavy atom. The van der Waals surface area contributed by atoms with Gasteiger partial charge in [0.25, 0.3) is 0 Å². The number of ether oxygens (including phenoxy) is 1. The Balaban J connectivity index is 0.000000249. The number of hydrogen-bond acceptors (Lipinski definition) is 2. The van der Waals surface area contributed by atoms with Crippen molar-refractivity contribution in [3.05, 3.63) is 36.4 Å². The molecule has 0 saturated heterocycles. The zero-order valence-corrected chi connectivity index (χ0v) is 8.73. The van der Waals surface area contributed by atoms with E-state index in [0.29, 0.717) is 0 Å². The molecule has 3 nitrogen and oxygen atoms in total. The summed E-state index contributed by atoms with van der Waals surface area (Å²) in [5.74, 6) is 0. The smallest absolute Gasteiger partial charge is 0.450 e. The molecule has 0 aliphatic carbocycles. The Labute approximate surface area is 84.3 Å². The van der Waals surface area contributed by atoms with Crippen LogP contribution in [-0.4, -0.2) is 16.9 Å². The molecule has 1 aromatic rings. The topological polar surface area (TPSA) is 46.5 Å². The largest absolute Gasteiger partial charge is 0.506 e. The Morgan fingerprint density at radius 3 is 1.36 bits per heavy atom. The summed E-state index contributed by atoms with van der Waals surface area (Å²) in [6.07, 6.45) is -1.22. The van der Waals surface area contributed by atoms with E-state index in [4.69, 9.17) is 5.11 Å². The van der Waals surface area contributed by atoms with Gasteiger partial charge in [-0.1, -0.05) is 36.4 Å². The van der Waals surface area contributed by atoms with Crippen molar-refractivity contribution in [2.75, 3.05) is 0 Å². The van der Waals surface area contributed by atoms with Crippen LogP contribution in [0.2, 0.25) is 0 Å².